The molecule has 4 atom stereocenters. The SMILES string of the molecule is CCCC1CC(C(F)(F)F)NC(C)C1S(=O)(=O)C(C)C. The lowest BCUT2D eigenvalue weighted by atomic mass is 9.84. The van der Waals surface area contributed by atoms with Crippen molar-refractivity contribution in [2.24, 2.45) is 5.92 Å². The van der Waals surface area contributed by atoms with E-state index in [0.717, 1.165) is 0 Å². The maximum atomic E-state index is 12.9. The molecule has 1 aliphatic heterocycles. The molecule has 1 N–H and O–H groups in total. The average molecular weight is 315 g/mol. The van der Waals surface area contributed by atoms with Gasteiger partial charge in [-0.25, -0.2) is 8.42 Å². The number of hydrogen-bond donors (Lipinski definition) is 1. The Morgan fingerprint density at radius 3 is 2.25 bits per heavy atom. The number of piperidine rings is 1. The van der Waals surface area contributed by atoms with Crippen LogP contribution in [0, 0.1) is 5.92 Å². The van der Waals surface area contributed by atoms with E-state index >= 15 is 0 Å². The summed E-state index contributed by atoms with van der Waals surface area (Å²) in [6.45, 7) is 6.58. The van der Waals surface area contributed by atoms with Gasteiger partial charge in [0, 0.05) is 6.04 Å². The molecule has 0 radical (unpaired) electrons. The number of nitrogens with one attached hydrogen (secondary N) is 1. The molecule has 0 spiro atoms. The predicted molar refractivity (Wildman–Crippen MR) is 73.3 cm³/mol. The van der Waals surface area contributed by atoms with E-state index in [1.165, 1.54) is 0 Å². The first-order valence-electron chi connectivity index (χ1n) is 7.07. The van der Waals surface area contributed by atoms with Crippen LogP contribution in [-0.2, 0) is 9.84 Å². The summed E-state index contributed by atoms with van der Waals surface area (Å²) in [5.41, 5.74) is 0. The molecule has 1 heterocycles. The van der Waals surface area contributed by atoms with Crippen molar-refractivity contribution in [2.45, 2.75) is 75.7 Å². The summed E-state index contributed by atoms with van der Waals surface area (Å²) in [5, 5.41) is 1.15. The molecule has 20 heavy (non-hydrogen) atoms. The Balaban J connectivity index is 3.07. The minimum absolute atomic E-state index is 0.154. The first-order valence-corrected chi connectivity index (χ1v) is 8.68. The fourth-order valence-electron chi connectivity index (χ4n) is 3.07. The lowest BCUT2D eigenvalue weighted by molar-refractivity contribution is -0.166. The summed E-state index contributed by atoms with van der Waals surface area (Å²) in [7, 11) is -3.42. The van der Waals surface area contributed by atoms with Crippen molar-refractivity contribution in [3.8, 4) is 0 Å². The minimum atomic E-state index is -4.33. The maximum absolute atomic E-state index is 12.9. The number of alkyl halides is 3. The number of halogens is 3. The third-order valence-corrected chi connectivity index (χ3v) is 6.92. The van der Waals surface area contributed by atoms with Crippen LogP contribution in [0.1, 0.15) is 47.0 Å². The molecule has 0 aromatic carbocycles. The van der Waals surface area contributed by atoms with E-state index in [2.05, 4.69) is 5.32 Å². The largest absolute Gasteiger partial charge is 0.403 e. The molecule has 0 aromatic rings. The molecule has 1 fully saturated rings. The maximum Gasteiger partial charge on any atom is 0.403 e. The summed E-state index contributed by atoms with van der Waals surface area (Å²) in [6, 6.07) is -2.29. The van der Waals surface area contributed by atoms with Crippen LogP contribution < -0.4 is 5.32 Å². The summed E-state index contributed by atoms with van der Waals surface area (Å²) in [5.74, 6) is -0.435. The molecular weight excluding hydrogens is 291 g/mol. The third-order valence-electron chi connectivity index (χ3n) is 4.05. The van der Waals surface area contributed by atoms with E-state index in [-0.39, 0.29) is 6.42 Å². The van der Waals surface area contributed by atoms with Gasteiger partial charge in [0.25, 0.3) is 0 Å². The summed E-state index contributed by atoms with van der Waals surface area (Å²) < 4.78 is 63.5. The lowest BCUT2D eigenvalue weighted by Gasteiger charge is -2.42. The van der Waals surface area contributed by atoms with E-state index in [1.54, 1.807) is 20.8 Å². The second-order valence-electron chi connectivity index (χ2n) is 5.94. The van der Waals surface area contributed by atoms with Crippen LogP contribution in [0.2, 0.25) is 0 Å². The molecule has 0 aromatic heterocycles. The summed E-state index contributed by atoms with van der Waals surface area (Å²) >= 11 is 0. The molecule has 1 aliphatic rings. The molecule has 0 aliphatic carbocycles. The number of rotatable bonds is 4. The van der Waals surface area contributed by atoms with Crippen LogP contribution in [0.3, 0.4) is 0 Å². The Hall–Kier alpha value is -0.300. The average Bonchev–Trinajstić information content (AvgIpc) is 2.26. The van der Waals surface area contributed by atoms with E-state index in [4.69, 9.17) is 0 Å². The van der Waals surface area contributed by atoms with Crippen LogP contribution in [0.4, 0.5) is 13.2 Å². The molecule has 3 nitrogen and oxygen atoms in total. The highest BCUT2D eigenvalue weighted by Gasteiger charge is 2.50. The van der Waals surface area contributed by atoms with Gasteiger partial charge in [-0.15, -0.1) is 0 Å². The third kappa shape index (κ3) is 3.67. The highest BCUT2D eigenvalue weighted by molar-refractivity contribution is 7.92. The van der Waals surface area contributed by atoms with Gasteiger partial charge >= 0.3 is 6.18 Å². The Kier molecular flexibility index (Phi) is 5.52. The molecule has 1 saturated heterocycles. The zero-order chi connectivity index (χ0) is 15.7. The molecule has 4 unspecified atom stereocenters. The van der Waals surface area contributed by atoms with Crippen LogP contribution in [-0.4, -0.2) is 37.2 Å². The first-order chi connectivity index (χ1) is 9.01. The van der Waals surface area contributed by atoms with Crippen molar-refractivity contribution in [1.82, 2.24) is 5.32 Å². The van der Waals surface area contributed by atoms with Gasteiger partial charge < -0.3 is 5.32 Å². The van der Waals surface area contributed by atoms with Gasteiger partial charge in [-0.1, -0.05) is 13.3 Å². The molecule has 0 amide bonds. The van der Waals surface area contributed by atoms with Gasteiger partial charge in [0.1, 0.15) is 6.04 Å². The van der Waals surface area contributed by atoms with E-state index in [9.17, 15) is 21.6 Å². The molecule has 7 heteroatoms. The lowest BCUT2D eigenvalue weighted by Crippen LogP contribution is -2.61. The van der Waals surface area contributed by atoms with E-state index in [1.807, 2.05) is 6.92 Å². The van der Waals surface area contributed by atoms with Crippen molar-refractivity contribution in [3.05, 3.63) is 0 Å². The second kappa shape index (κ2) is 6.22. The quantitative estimate of drug-likeness (QED) is 0.867. The highest BCUT2D eigenvalue weighted by Crippen LogP contribution is 2.37. The van der Waals surface area contributed by atoms with E-state index in [0.29, 0.717) is 12.8 Å². The Morgan fingerprint density at radius 2 is 1.85 bits per heavy atom. The van der Waals surface area contributed by atoms with Gasteiger partial charge in [0.2, 0.25) is 0 Å². The van der Waals surface area contributed by atoms with Crippen molar-refractivity contribution in [3.63, 3.8) is 0 Å². The van der Waals surface area contributed by atoms with Crippen molar-refractivity contribution in [2.75, 3.05) is 0 Å². The zero-order valence-electron chi connectivity index (χ0n) is 12.4. The van der Waals surface area contributed by atoms with Crippen LogP contribution in [0.5, 0.6) is 0 Å². The number of hydrogen-bond acceptors (Lipinski definition) is 3. The van der Waals surface area contributed by atoms with E-state index < -0.39 is 44.5 Å². The Bertz CT molecular complexity index is 420. The van der Waals surface area contributed by atoms with Gasteiger partial charge in [0.05, 0.1) is 10.5 Å². The standard InChI is InChI=1S/C13H24F3NO2S/c1-5-6-10-7-11(13(14,15)16)17-9(4)12(10)20(18,19)8(2)3/h8-12,17H,5-7H2,1-4H3. The van der Waals surface area contributed by atoms with Gasteiger partial charge in [-0.05, 0) is 39.5 Å². The molecule has 0 bridgehead atoms. The monoisotopic (exact) mass is 315 g/mol. The topological polar surface area (TPSA) is 46.2 Å². The minimum Gasteiger partial charge on any atom is -0.302 e. The van der Waals surface area contributed by atoms with Crippen molar-refractivity contribution >= 4 is 9.84 Å². The van der Waals surface area contributed by atoms with Gasteiger partial charge in [-0.3, -0.25) is 0 Å². The second-order valence-corrected chi connectivity index (χ2v) is 8.60. The highest BCUT2D eigenvalue weighted by atomic mass is 32.2. The first kappa shape index (κ1) is 17.8. The fraction of sp³-hybridized carbons (Fsp3) is 1.00. The van der Waals surface area contributed by atoms with Crippen LogP contribution in [0.15, 0.2) is 0 Å². The fourth-order valence-corrected chi connectivity index (χ4v) is 5.13. The van der Waals surface area contributed by atoms with Crippen molar-refractivity contribution in [1.29, 1.82) is 0 Å². The molecule has 120 valence electrons. The van der Waals surface area contributed by atoms with Gasteiger partial charge in [0.15, 0.2) is 9.84 Å². The zero-order valence-corrected chi connectivity index (χ0v) is 13.2. The van der Waals surface area contributed by atoms with Gasteiger partial charge in [-0.2, -0.15) is 13.2 Å². The molecule has 0 saturated carbocycles. The molecule has 1 rings (SSSR count). The summed E-state index contributed by atoms with van der Waals surface area (Å²) in [6.07, 6.45) is -3.29. The summed E-state index contributed by atoms with van der Waals surface area (Å²) in [4.78, 5) is 0. The smallest absolute Gasteiger partial charge is 0.302 e. The van der Waals surface area contributed by atoms with Crippen molar-refractivity contribution < 1.29 is 21.6 Å². The molecular formula is C13H24F3NO2S. The Labute approximate surface area is 119 Å². The Morgan fingerprint density at radius 1 is 1.30 bits per heavy atom. The van der Waals surface area contributed by atoms with Crippen LogP contribution in [0.25, 0.3) is 0 Å². The van der Waals surface area contributed by atoms with Crippen LogP contribution >= 0.6 is 0 Å². The number of sulfone groups is 1. The normalized spacial score (nSPS) is 32.6. The predicted octanol–water partition coefficient (Wildman–Crippen LogP) is 2.91.